The van der Waals surface area contributed by atoms with Gasteiger partial charge in [0.25, 0.3) is 0 Å². The number of aliphatic hydroxyl groups is 1. The van der Waals surface area contributed by atoms with E-state index in [0.717, 1.165) is 49.0 Å². The molecule has 156 valence electrons. The number of rotatable bonds is 8. The van der Waals surface area contributed by atoms with E-state index in [4.69, 9.17) is 18.9 Å². The van der Waals surface area contributed by atoms with Crippen LogP contribution < -0.4 is 24.0 Å². The molecule has 2 N–H and O–H groups in total. The van der Waals surface area contributed by atoms with Gasteiger partial charge in [-0.15, -0.1) is 0 Å². The largest absolute Gasteiger partial charge is 0.497 e. The third-order valence-corrected chi connectivity index (χ3v) is 5.45. The third kappa shape index (κ3) is 5.12. The molecule has 0 aromatic heterocycles. The lowest BCUT2D eigenvalue weighted by molar-refractivity contribution is -0.903. The van der Waals surface area contributed by atoms with E-state index >= 15 is 0 Å². The molecule has 1 saturated heterocycles. The molecular weight excluding hydrogens is 372 g/mol. The summed E-state index contributed by atoms with van der Waals surface area (Å²) in [5.74, 6) is 2.40. The summed E-state index contributed by atoms with van der Waals surface area (Å²) in [7, 11) is 1.68. The third-order valence-electron chi connectivity index (χ3n) is 5.45. The quantitative estimate of drug-likeness (QED) is 0.679. The van der Waals surface area contributed by atoms with Crippen LogP contribution in [0.15, 0.2) is 42.5 Å². The SMILES string of the molecule is COc1ccc(N2CC[NH+](C[C@@H](O)COCc3ccc4c(c3)OCO4)CC2)cc1. The molecule has 1 atom stereocenters. The zero-order valence-electron chi connectivity index (χ0n) is 16.8. The first-order valence-corrected chi connectivity index (χ1v) is 10.1. The maximum Gasteiger partial charge on any atom is 0.231 e. The highest BCUT2D eigenvalue weighted by Crippen LogP contribution is 2.32. The van der Waals surface area contributed by atoms with Gasteiger partial charge in [-0.25, -0.2) is 0 Å². The number of quaternary nitrogens is 1. The van der Waals surface area contributed by atoms with Crippen molar-refractivity contribution in [3.63, 3.8) is 0 Å². The van der Waals surface area contributed by atoms with Gasteiger partial charge in [-0.2, -0.15) is 0 Å². The van der Waals surface area contributed by atoms with Crippen LogP contribution >= 0.6 is 0 Å². The summed E-state index contributed by atoms with van der Waals surface area (Å²) in [6, 6.07) is 14.0. The zero-order valence-corrected chi connectivity index (χ0v) is 16.8. The number of benzene rings is 2. The number of hydrogen-bond acceptors (Lipinski definition) is 6. The standard InChI is InChI=1S/C22H28N2O5/c1-26-20-5-3-18(4-6-20)24-10-8-23(9-11-24)13-19(25)15-27-14-17-2-7-21-22(12-17)29-16-28-21/h2-7,12,19,25H,8-11,13-16H2,1H3/p+1/t19-/m1/s1. The lowest BCUT2D eigenvalue weighted by Crippen LogP contribution is -3.16. The molecular formula is C22H29N2O5+. The van der Waals surface area contributed by atoms with Gasteiger partial charge >= 0.3 is 0 Å². The van der Waals surface area contributed by atoms with Crippen LogP contribution in [0.1, 0.15) is 5.56 Å². The van der Waals surface area contributed by atoms with Gasteiger partial charge in [0.15, 0.2) is 11.5 Å². The predicted molar refractivity (Wildman–Crippen MR) is 109 cm³/mol. The molecule has 2 aliphatic rings. The molecule has 2 aromatic carbocycles. The van der Waals surface area contributed by atoms with Crippen molar-refractivity contribution in [2.45, 2.75) is 12.7 Å². The highest BCUT2D eigenvalue weighted by molar-refractivity contribution is 5.49. The van der Waals surface area contributed by atoms with Crippen molar-refractivity contribution in [1.82, 2.24) is 0 Å². The number of ether oxygens (including phenoxy) is 4. The molecule has 0 unspecified atom stereocenters. The first-order chi connectivity index (χ1) is 14.2. The molecule has 2 aromatic rings. The molecule has 0 aliphatic carbocycles. The Bertz CT molecular complexity index is 790. The number of methoxy groups -OCH3 is 1. The van der Waals surface area contributed by atoms with Gasteiger partial charge in [-0.05, 0) is 42.0 Å². The Hall–Kier alpha value is -2.48. The average Bonchev–Trinajstić information content (AvgIpc) is 3.22. The highest BCUT2D eigenvalue weighted by atomic mass is 16.7. The van der Waals surface area contributed by atoms with E-state index in [-0.39, 0.29) is 6.79 Å². The van der Waals surface area contributed by atoms with Crippen molar-refractivity contribution < 1.29 is 29.0 Å². The van der Waals surface area contributed by atoms with Crippen LogP contribution in [0.4, 0.5) is 5.69 Å². The van der Waals surface area contributed by atoms with Crippen LogP contribution in [0.5, 0.6) is 17.2 Å². The number of anilines is 1. The van der Waals surface area contributed by atoms with Crippen molar-refractivity contribution in [2.24, 2.45) is 0 Å². The van der Waals surface area contributed by atoms with Crippen molar-refractivity contribution in [3.8, 4) is 17.2 Å². The number of piperazine rings is 1. The van der Waals surface area contributed by atoms with Gasteiger partial charge in [0, 0.05) is 5.69 Å². The van der Waals surface area contributed by atoms with Crippen LogP contribution in [0.2, 0.25) is 0 Å². The second-order valence-electron chi connectivity index (χ2n) is 7.50. The van der Waals surface area contributed by atoms with Crippen molar-refractivity contribution >= 4 is 5.69 Å². The molecule has 7 nitrogen and oxygen atoms in total. The van der Waals surface area contributed by atoms with Crippen molar-refractivity contribution in [3.05, 3.63) is 48.0 Å². The second kappa shape index (κ2) is 9.35. The van der Waals surface area contributed by atoms with E-state index in [9.17, 15) is 5.11 Å². The Morgan fingerprint density at radius 1 is 1.07 bits per heavy atom. The van der Waals surface area contributed by atoms with Gasteiger partial charge in [0.05, 0.1) is 46.5 Å². The summed E-state index contributed by atoms with van der Waals surface area (Å²) < 4.78 is 21.6. The number of fused-ring (bicyclic) bond motifs is 1. The number of nitrogens with one attached hydrogen (secondary N) is 1. The first-order valence-electron chi connectivity index (χ1n) is 10.1. The van der Waals surface area contributed by atoms with E-state index < -0.39 is 6.10 Å². The molecule has 4 rings (SSSR count). The fourth-order valence-electron chi connectivity index (χ4n) is 3.81. The summed E-state index contributed by atoms with van der Waals surface area (Å²) in [5.41, 5.74) is 2.24. The number of hydrogen-bond donors (Lipinski definition) is 2. The van der Waals surface area contributed by atoms with E-state index in [0.29, 0.717) is 19.8 Å². The number of aliphatic hydroxyl groups excluding tert-OH is 1. The topological polar surface area (TPSA) is 64.8 Å². The minimum atomic E-state index is -0.466. The minimum Gasteiger partial charge on any atom is -0.497 e. The molecule has 7 heteroatoms. The molecule has 1 fully saturated rings. The van der Waals surface area contributed by atoms with Crippen molar-refractivity contribution in [2.75, 3.05) is 58.1 Å². The number of nitrogens with zero attached hydrogens (tertiary/aromatic N) is 1. The van der Waals surface area contributed by atoms with Gasteiger partial charge in [0.1, 0.15) is 18.4 Å². The van der Waals surface area contributed by atoms with Crippen LogP contribution in [0.3, 0.4) is 0 Å². The fourth-order valence-corrected chi connectivity index (χ4v) is 3.81. The van der Waals surface area contributed by atoms with Gasteiger partial charge in [-0.3, -0.25) is 0 Å². The van der Waals surface area contributed by atoms with Crippen LogP contribution in [0.25, 0.3) is 0 Å². The van der Waals surface area contributed by atoms with E-state index in [1.54, 1.807) is 7.11 Å². The normalized spacial score (nSPS) is 17.4. The van der Waals surface area contributed by atoms with Gasteiger partial charge < -0.3 is 33.9 Å². The Morgan fingerprint density at radius 3 is 2.59 bits per heavy atom. The Balaban J connectivity index is 1.16. The summed E-state index contributed by atoms with van der Waals surface area (Å²) in [6.45, 7) is 5.73. The average molecular weight is 401 g/mol. The minimum absolute atomic E-state index is 0.271. The molecule has 0 amide bonds. The maximum atomic E-state index is 10.4. The first kappa shape index (κ1) is 19.8. The fraction of sp³-hybridized carbons (Fsp3) is 0.455. The molecule has 2 heterocycles. The molecule has 0 spiro atoms. The lowest BCUT2D eigenvalue weighted by Gasteiger charge is -2.34. The van der Waals surface area contributed by atoms with Crippen LogP contribution in [0, 0.1) is 0 Å². The van der Waals surface area contributed by atoms with E-state index in [1.807, 2.05) is 30.3 Å². The lowest BCUT2D eigenvalue weighted by atomic mass is 10.2. The second-order valence-corrected chi connectivity index (χ2v) is 7.50. The summed E-state index contributed by atoms with van der Waals surface area (Å²) in [4.78, 5) is 3.79. The smallest absolute Gasteiger partial charge is 0.231 e. The zero-order chi connectivity index (χ0) is 20.1. The Kier molecular flexibility index (Phi) is 6.39. The van der Waals surface area contributed by atoms with E-state index in [1.165, 1.54) is 10.6 Å². The molecule has 29 heavy (non-hydrogen) atoms. The molecule has 0 bridgehead atoms. The Morgan fingerprint density at radius 2 is 1.83 bits per heavy atom. The summed E-state index contributed by atoms with van der Waals surface area (Å²) in [5, 5.41) is 10.4. The maximum absolute atomic E-state index is 10.4. The highest BCUT2D eigenvalue weighted by Gasteiger charge is 2.23. The molecule has 0 saturated carbocycles. The van der Waals surface area contributed by atoms with Crippen LogP contribution in [-0.2, 0) is 11.3 Å². The monoisotopic (exact) mass is 401 g/mol. The van der Waals surface area contributed by atoms with E-state index in [2.05, 4.69) is 17.0 Å². The van der Waals surface area contributed by atoms with Crippen LogP contribution in [-0.4, -0.2) is 64.4 Å². The predicted octanol–water partition coefficient (Wildman–Crippen LogP) is 0.707. The molecule has 2 aliphatic heterocycles. The molecule has 0 radical (unpaired) electrons. The van der Waals surface area contributed by atoms with Gasteiger partial charge in [0.2, 0.25) is 6.79 Å². The van der Waals surface area contributed by atoms with Crippen molar-refractivity contribution in [1.29, 1.82) is 0 Å². The summed E-state index contributed by atoms with van der Waals surface area (Å²) >= 11 is 0. The summed E-state index contributed by atoms with van der Waals surface area (Å²) in [6.07, 6.45) is -0.466. The Labute approximate surface area is 171 Å². The van der Waals surface area contributed by atoms with Gasteiger partial charge in [-0.1, -0.05) is 6.07 Å².